The Balaban J connectivity index is 0.000000225. The topological polar surface area (TPSA) is 22.1 Å². The summed E-state index contributed by atoms with van der Waals surface area (Å²) >= 11 is 3.42. The summed E-state index contributed by atoms with van der Waals surface area (Å²) in [5.74, 6) is 1.74. The third kappa shape index (κ3) is 5.79. The maximum absolute atomic E-state index is 5.70. The summed E-state index contributed by atoms with van der Waals surface area (Å²) in [6.07, 6.45) is 3.50. The van der Waals surface area contributed by atoms with Gasteiger partial charge in [0.1, 0.15) is 11.5 Å². The Labute approximate surface area is 133 Å². The van der Waals surface area contributed by atoms with E-state index in [1.165, 1.54) is 5.56 Å². The minimum Gasteiger partial charge on any atom is -0.457 e. The van der Waals surface area contributed by atoms with Crippen LogP contribution in [0.15, 0.2) is 85.2 Å². The van der Waals surface area contributed by atoms with Crippen molar-refractivity contribution in [3.63, 3.8) is 0 Å². The van der Waals surface area contributed by atoms with E-state index in [0.717, 1.165) is 16.8 Å². The molecular formula is C18H16BrNO. The summed E-state index contributed by atoms with van der Waals surface area (Å²) in [5, 5.41) is 0.846. The van der Waals surface area contributed by atoms with Gasteiger partial charge in [0.2, 0.25) is 0 Å². The van der Waals surface area contributed by atoms with Crippen molar-refractivity contribution in [3.8, 4) is 11.5 Å². The zero-order valence-electron chi connectivity index (χ0n) is 11.5. The van der Waals surface area contributed by atoms with Crippen LogP contribution in [-0.2, 0) is 5.33 Å². The maximum Gasteiger partial charge on any atom is 0.127 e. The van der Waals surface area contributed by atoms with Crippen LogP contribution in [0.5, 0.6) is 11.5 Å². The summed E-state index contributed by atoms with van der Waals surface area (Å²) in [6, 6.07) is 23.5. The van der Waals surface area contributed by atoms with Crippen LogP contribution >= 0.6 is 15.9 Å². The number of para-hydroxylation sites is 1. The molecule has 0 N–H and O–H groups in total. The van der Waals surface area contributed by atoms with Gasteiger partial charge < -0.3 is 4.74 Å². The molecule has 3 aromatic rings. The first kappa shape index (κ1) is 15.3. The SMILES string of the molecule is BrCc1cccc(Oc2ccccc2)c1.c1ccncc1. The van der Waals surface area contributed by atoms with Gasteiger partial charge in [-0.1, -0.05) is 52.3 Å². The van der Waals surface area contributed by atoms with Crippen LogP contribution in [0.1, 0.15) is 5.56 Å². The van der Waals surface area contributed by atoms with Gasteiger partial charge in [-0.3, -0.25) is 4.98 Å². The Bertz CT molecular complexity index is 602. The molecule has 0 aliphatic rings. The van der Waals surface area contributed by atoms with Gasteiger partial charge in [0.15, 0.2) is 0 Å². The van der Waals surface area contributed by atoms with Gasteiger partial charge in [-0.05, 0) is 42.0 Å². The molecule has 2 aromatic carbocycles. The molecule has 0 fully saturated rings. The van der Waals surface area contributed by atoms with Gasteiger partial charge in [-0.2, -0.15) is 0 Å². The molecule has 3 rings (SSSR count). The third-order valence-electron chi connectivity index (χ3n) is 2.60. The standard InChI is InChI=1S/C13H11BrO.C5H5N/c14-10-11-5-4-8-13(9-11)15-12-6-2-1-3-7-12;1-2-4-6-5-3-1/h1-9H,10H2;1-5H. The predicted molar refractivity (Wildman–Crippen MR) is 89.8 cm³/mol. The Morgan fingerprint density at radius 1 is 0.762 bits per heavy atom. The van der Waals surface area contributed by atoms with Crippen molar-refractivity contribution in [2.75, 3.05) is 0 Å². The Morgan fingerprint density at radius 3 is 2.00 bits per heavy atom. The minimum atomic E-state index is 0.846. The maximum atomic E-state index is 5.70. The van der Waals surface area contributed by atoms with Crippen molar-refractivity contribution in [2.24, 2.45) is 0 Å². The summed E-state index contributed by atoms with van der Waals surface area (Å²) < 4.78 is 5.70. The number of benzene rings is 2. The number of alkyl halides is 1. The van der Waals surface area contributed by atoms with Gasteiger partial charge in [-0.15, -0.1) is 0 Å². The number of nitrogens with zero attached hydrogens (tertiary/aromatic N) is 1. The van der Waals surface area contributed by atoms with E-state index in [2.05, 4.69) is 27.0 Å². The molecule has 0 amide bonds. The highest BCUT2D eigenvalue weighted by Crippen LogP contribution is 2.22. The fraction of sp³-hybridized carbons (Fsp3) is 0.0556. The molecule has 1 heterocycles. The molecule has 0 aliphatic carbocycles. The fourth-order valence-electron chi connectivity index (χ4n) is 1.63. The molecular weight excluding hydrogens is 326 g/mol. The van der Waals surface area contributed by atoms with Crippen LogP contribution in [-0.4, -0.2) is 4.98 Å². The largest absolute Gasteiger partial charge is 0.457 e. The average Bonchev–Trinajstić information content (AvgIpc) is 2.58. The van der Waals surface area contributed by atoms with Crippen LogP contribution in [0.4, 0.5) is 0 Å². The van der Waals surface area contributed by atoms with E-state index in [1.54, 1.807) is 12.4 Å². The van der Waals surface area contributed by atoms with Crippen LogP contribution in [0.3, 0.4) is 0 Å². The second kappa shape index (κ2) is 8.93. The molecule has 0 aliphatic heterocycles. The van der Waals surface area contributed by atoms with Crippen molar-refractivity contribution >= 4 is 15.9 Å². The number of ether oxygens (including phenoxy) is 1. The fourth-order valence-corrected chi connectivity index (χ4v) is 1.98. The first-order valence-electron chi connectivity index (χ1n) is 6.61. The molecule has 21 heavy (non-hydrogen) atoms. The normalized spacial score (nSPS) is 9.38. The number of halogens is 1. The minimum absolute atomic E-state index is 0.846. The Hall–Kier alpha value is -2.13. The lowest BCUT2D eigenvalue weighted by atomic mass is 10.2. The number of pyridine rings is 1. The lowest BCUT2D eigenvalue weighted by molar-refractivity contribution is 0.482. The third-order valence-corrected chi connectivity index (χ3v) is 3.25. The Kier molecular flexibility index (Phi) is 6.49. The molecule has 0 spiro atoms. The van der Waals surface area contributed by atoms with E-state index in [9.17, 15) is 0 Å². The van der Waals surface area contributed by atoms with Gasteiger partial charge in [0.05, 0.1) is 0 Å². The van der Waals surface area contributed by atoms with E-state index in [0.29, 0.717) is 0 Å². The second-order valence-corrected chi connectivity index (χ2v) is 4.78. The number of hydrogen-bond donors (Lipinski definition) is 0. The summed E-state index contributed by atoms with van der Waals surface area (Å²) in [4.78, 5) is 3.78. The quantitative estimate of drug-likeness (QED) is 0.590. The molecule has 0 atom stereocenters. The van der Waals surface area contributed by atoms with Crippen molar-refractivity contribution in [3.05, 3.63) is 90.8 Å². The van der Waals surface area contributed by atoms with E-state index in [4.69, 9.17) is 4.74 Å². The molecule has 3 heteroatoms. The second-order valence-electron chi connectivity index (χ2n) is 4.22. The summed E-state index contributed by atoms with van der Waals surface area (Å²) in [7, 11) is 0. The predicted octanol–water partition coefficient (Wildman–Crippen LogP) is 5.46. The van der Waals surface area contributed by atoms with Crippen LogP contribution in [0.2, 0.25) is 0 Å². The first-order chi connectivity index (χ1) is 10.4. The van der Waals surface area contributed by atoms with Gasteiger partial charge >= 0.3 is 0 Å². The smallest absolute Gasteiger partial charge is 0.127 e. The number of hydrogen-bond acceptors (Lipinski definition) is 2. The molecule has 0 bridgehead atoms. The van der Waals surface area contributed by atoms with Gasteiger partial charge in [0.25, 0.3) is 0 Å². The summed E-state index contributed by atoms with van der Waals surface area (Å²) in [6.45, 7) is 0. The van der Waals surface area contributed by atoms with E-state index in [1.807, 2.05) is 66.7 Å². The zero-order chi connectivity index (χ0) is 14.8. The molecule has 0 saturated heterocycles. The van der Waals surface area contributed by atoms with Crippen LogP contribution in [0, 0.1) is 0 Å². The highest BCUT2D eigenvalue weighted by molar-refractivity contribution is 9.08. The van der Waals surface area contributed by atoms with Crippen molar-refractivity contribution < 1.29 is 4.74 Å². The van der Waals surface area contributed by atoms with E-state index < -0.39 is 0 Å². The molecule has 106 valence electrons. The molecule has 1 aromatic heterocycles. The molecule has 0 saturated carbocycles. The lowest BCUT2D eigenvalue weighted by Gasteiger charge is -2.06. The van der Waals surface area contributed by atoms with Gasteiger partial charge in [-0.25, -0.2) is 0 Å². The first-order valence-corrected chi connectivity index (χ1v) is 7.73. The molecule has 0 radical (unpaired) electrons. The van der Waals surface area contributed by atoms with Crippen LogP contribution < -0.4 is 4.74 Å². The van der Waals surface area contributed by atoms with E-state index in [-0.39, 0.29) is 0 Å². The highest BCUT2D eigenvalue weighted by atomic mass is 79.9. The monoisotopic (exact) mass is 341 g/mol. The molecule has 0 unspecified atom stereocenters. The van der Waals surface area contributed by atoms with E-state index >= 15 is 0 Å². The summed E-state index contributed by atoms with van der Waals surface area (Å²) in [5.41, 5.74) is 1.21. The van der Waals surface area contributed by atoms with Crippen molar-refractivity contribution in [2.45, 2.75) is 5.33 Å². The molecule has 2 nitrogen and oxygen atoms in total. The van der Waals surface area contributed by atoms with Crippen molar-refractivity contribution in [1.29, 1.82) is 0 Å². The van der Waals surface area contributed by atoms with Gasteiger partial charge in [0, 0.05) is 17.7 Å². The lowest BCUT2D eigenvalue weighted by Crippen LogP contribution is -1.84. The zero-order valence-corrected chi connectivity index (χ0v) is 13.1. The average molecular weight is 342 g/mol. The highest BCUT2D eigenvalue weighted by Gasteiger charge is 1.97. The number of aromatic nitrogens is 1. The van der Waals surface area contributed by atoms with Crippen molar-refractivity contribution in [1.82, 2.24) is 4.98 Å². The van der Waals surface area contributed by atoms with Crippen LogP contribution in [0.25, 0.3) is 0 Å². The number of rotatable bonds is 3. The Morgan fingerprint density at radius 2 is 1.43 bits per heavy atom.